The lowest BCUT2D eigenvalue weighted by molar-refractivity contribution is -0.140. The van der Waals surface area contributed by atoms with Crippen LogP contribution in [-0.4, -0.2) is 44.1 Å². The van der Waals surface area contributed by atoms with Crippen LogP contribution in [-0.2, 0) is 14.3 Å². The highest BCUT2D eigenvalue weighted by Crippen LogP contribution is 2.32. The number of allylic oxidation sites excluding steroid dienone is 1. The van der Waals surface area contributed by atoms with E-state index in [1.807, 2.05) is 32.0 Å². The van der Waals surface area contributed by atoms with Gasteiger partial charge in [-0.25, -0.2) is 9.79 Å². The van der Waals surface area contributed by atoms with Gasteiger partial charge in [-0.1, -0.05) is 41.1 Å². The molecule has 0 fully saturated rings. The maximum atomic E-state index is 13.8. The van der Waals surface area contributed by atoms with Crippen LogP contribution >= 0.6 is 22.9 Å². The van der Waals surface area contributed by atoms with Crippen molar-refractivity contribution in [2.24, 2.45) is 4.99 Å². The Bertz CT molecular complexity index is 1540. The maximum absolute atomic E-state index is 13.8. The summed E-state index contributed by atoms with van der Waals surface area (Å²) in [6, 6.07) is 11.8. The largest absolute Gasteiger partial charge is 0.493 e. The highest BCUT2D eigenvalue weighted by Gasteiger charge is 2.33. The number of ether oxygens (including phenoxy) is 4. The van der Waals surface area contributed by atoms with Crippen LogP contribution in [0.15, 0.2) is 63.5 Å². The summed E-state index contributed by atoms with van der Waals surface area (Å²) in [5, 5.41) is 0.546. The van der Waals surface area contributed by atoms with Gasteiger partial charge >= 0.3 is 5.97 Å². The van der Waals surface area contributed by atoms with E-state index >= 15 is 0 Å². The fraction of sp³-hybridized carbons (Fsp3) is 0.321. The van der Waals surface area contributed by atoms with E-state index in [9.17, 15) is 9.59 Å². The number of hydrogen-bond donors (Lipinski definition) is 0. The zero-order valence-electron chi connectivity index (χ0n) is 21.8. The Morgan fingerprint density at radius 2 is 1.87 bits per heavy atom. The lowest BCUT2D eigenvalue weighted by Crippen LogP contribution is -2.40. The molecule has 0 aliphatic carbocycles. The van der Waals surface area contributed by atoms with Crippen molar-refractivity contribution in [2.75, 3.05) is 27.4 Å². The smallest absolute Gasteiger partial charge is 0.338 e. The Morgan fingerprint density at radius 3 is 2.53 bits per heavy atom. The molecule has 0 bridgehead atoms. The molecule has 3 aromatic rings. The number of methoxy groups -OCH3 is 2. The Hall–Kier alpha value is -3.40. The third kappa shape index (κ3) is 5.85. The minimum absolute atomic E-state index is 0.00932. The molecule has 2 aromatic carbocycles. The van der Waals surface area contributed by atoms with Crippen LogP contribution in [0.1, 0.15) is 37.9 Å². The van der Waals surface area contributed by atoms with Crippen LogP contribution < -0.4 is 24.4 Å². The Labute approximate surface area is 229 Å². The van der Waals surface area contributed by atoms with E-state index in [2.05, 4.69) is 4.99 Å². The highest BCUT2D eigenvalue weighted by atomic mass is 35.5. The molecule has 0 saturated carbocycles. The van der Waals surface area contributed by atoms with Crippen molar-refractivity contribution < 1.29 is 23.7 Å². The number of esters is 1. The molecule has 1 aliphatic heterocycles. The van der Waals surface area contributed by atoms with Gasteiger partial charge in [-0.3, -0.25) is 9.36 Å². The van der Waals surface area contributed by atoms with Crippen LogP contribution in [0.25, 0.3) is 6.08 Å². The molecule has 0 amide bonds. The molecule has 4 rings (SSSR count). The number of aromatic nitrogens is 1. The molecule has 8 nitrogen and oxygen atoms in total. The van der Waals surface area contributed by atoms with Crippen molar-refractivity contribution in [3.8, 4) is 11.5 Å². The second kappa shape index (κ2) is 12.0. The van der Waals surface area contributed by atoms with Gasteiger partial charge in [0.05, 0.1) is 41.7 Å². The summed E-state index contributed by atoms with van der Waals surface area (Å²) < 4.78 is 23.7. The van der Waals surface area contributed by atoms with Crippen molar-refractivity contribution in [3.05, 3.63) is 89.6 Å². The van der Waals surface area contributed by atoms with Crippen LogP contribution in [0.5, 0.6) is 11.5 Å². The predicted octanol–water partition coefficient (Wildman–Crippen LogP) is 3.87. The van der Waals surface area contributed by atoms with Gasteiger partial charge in [0.25, 0.3) is 5.56 Å². The fourth-order valence-electron chi connectivity index (χ4n) is 4.12. The summed E-state index contributed by atoms with van der Waals surface area (Å²) in [6.07, 6.45) is 1.77. The molecular formula is C28H29ClN2O6S. The summed E-state index contributed by atoms with van der Waals surface area (Å²) >= 11 is 7.37. The van der Waals surface area contributed by atoms with Crippen LogP contribution in [0.4, 0.5) is 0 Å². The topological polar surface area (TPSA) is 88.4 Å². The number of rotatable bonds is 9. The van der Waals surface area contributed by atoms with Crippen LogP contribution in [0.3, 0.4) is 0 Å². The molecule has 200 valence electrons. The summed E-state index contributed by atoms with van der Waals surface area (Å²) in [4.78, 5) is 32.0. The predicted molar refractivity (Wildman–Crippen MR) is 147 cm³/mol. The molecule has 0 saturated heterocycles. The average molecular weight is 557 g/mol. The van der Waals surface area contributed by atoms with Gasteiger partial charge in [0.15, 0.2) is 16.3 Å². The van der Waals surface area contributed by atoms with Gasteiger partial charge in [0, 0.05) is 12.1 Å². The van der Waals surface area contributed by atoms with Crippen LogP contribution in [0.2, 0.25) is 5.02 Å². The molecule has 1 aliphatic rings. The molecule has 1 atom stereocenters. The van der Waals surface area contributed by atoms with E-state index in [4.69, 9.17) is 30.5 Å². The third-order valence-electron chi connectivity index (χ3n) is 5.80. The first-order valence-electron chi connectivity index (χ1n) is 12.0. The quantitative estimate of drug-likeness (QED) is 0.294. The number of halogens is 1. The first-order valence-corrected chi connectivity index (χ1v) is 13.2. The summed E-state index contributed by atoms with van der Waals surface area (Å²) in [7, 11) is 3.10. The Kier molecular flexibility index (Phi) is 8.71. The Morgan fingerprint density at radius 1 is 1.13 bits per heavy atom. The molecule has 1 aromatic heterocycles. The van der Waals surface area contributed by atoms with Crippen molar-refractivity contribution in [1.82, 2.24) is 4.57 Å². The number of carbonyl (C=O) groups excluding carboxylic acids is 1. The van der Waals surface area contributed by atoms with Gasteiger partial charge in [0.2, 0.25) is 0 Å². The van der Waals surface area contributed by atoms with Gasteiger partial charge in [-0.2, -0.15) is 0 Å². The minimum atomic E-state index is -0.725. The maximum Gasteiger partial charge on any atom is 0.338 e. The fourth-order valence-corrected chi connectivity index (χ4v) is 5.29. The zero-order valence-corrected chi connectivity index (χ0v) is 23.4. The first kappa shape index (κ1) is 27.6. The first-order chi connectivity index (χ1) is 18.2. The lowest BCUT2D eigenvalue weighted by atomic mass is 9.96. The van der Waals surface area contributed by atoms with E-state index in [0.29, 0.717) is 42.7 Å². The van der Waals surface area contributed by atoms with E-state index in [1.54, 1.807) is 44.4 Å². The molecule has 0 radical (unpaired) electrons. The molecule has 0 N–H and O–H groups in total. The number of thiazole rings is 1. The van der Waals surface area contributed by atoms with Gasteiger partial charge in [-0.05, 0) is 62.2 Å². The third-order valence-corrected chi connectivity index (χ3v) is 7.03. The van der Waals surface area contributed by atoms with Gasteiger partial charge in [-0.15, -0.1) is 0 Å². The lowest BCUT2D eigenvalue weighted by Gasteiger charge is -2.24. The Balaban J connectivity index is 1.84. The van der Waals surface area contributed by atoms with E-state index in [0.717, 1.165) is 5.56 Å². The van der Waals surface area contributed by atoms with Crippen molar-refractivity contribution in [2.45, 2.75) is 32.9 Å². The van der Waals surface area contributed by atoms with Crippen molar-refractivity contribution in [1.29, 1.82) is 0 Å². The van der Waals surface area contributed by atoms with Gasteiger partial charge < -0.3 is 18.9 Å². The van der Waals surface area contributed by atoms with Crippen LogP contribution in [0, 0.1) is 0 Å². The second-order valence-corrected chi connectivity index (χ2v) is 10.3. The summed E-state index contributed by atoms with van der Waals surface area (Å²) in [6.45, 7) is 5.96. The number of nitrogens with zero attached hydrogens (tertiary/aromatic N) is 2. The molecule has 0 spiro atoms. The summed E-state index contributed by atoms with van der Waals surface area (Å²) in [5.41, 5.74) is 1.98. The number of benzene rings is 2. The second-order valence-electron chi connectivity index (χ2n) is 8.84. The monoisotopic (exact) mass is 556 g/mol. The molecule has 10 heteroatoms. The number of hydrogen-bond acceptors (Lipinski definition) is 8. The molecule has 2 heterocycles. The van der Waals surface area contributed by atoms with Gasteiger partial charge in [0.1, 0.15) is 6.61 Å². The SMILES string of the molecule is COCCOC(=O)C1=C(C)N=c2sc(=Cc3ccc(OC(C)C)c(OC)c3)c(=O)n2C1c1ccc(Cl)cc1. The normalized spacial score (nSPS) is 15.3. The van der Waals surface area contributed by atoms with E-state index in [1.165, 1.54) is 23.0 Å². The number of fused-ring (bicyclic) bond motifs is 1. The van der Waals surface area contributed by atoms with E-state index < -0.39 is 12.0 Å². The zero-order chi connectivity index (χ0) is 27.4. The standard InChI is InChI=1S/C28H29ClN2O6S/c1-16(2)37-21-11-6-18(14-22(21)35-5)15-23-26(32)31-25(19-7-9-20(29)10-8-19)24(17(3)30-28(31)38-23)27(33)36-13-12-34-4/h6-11,14-16,25H,12-13H2,1-5H3. The minimum Gasteiger partial charge on any atom is -0.493 e. The van der Waals surface area contributed by atoms with Crippen molar-refractivity contribution in [3.63, 3.8) is 0 Å². The highest BCUT2D eigenvalue weighted by molar-refractivity contribution is 7.07. The van der Waals surface area contributed by atoms with Crippen molar-refractivity contribution >= 4 is 35.0 Å². The van der Waals surface area contributed by atoms with E-state index in [-0.39, 0.29) is 24.9 Å². The number of carbonyl (C=O) groups is 1. The average Bonchev–Trinajstić information content (AvgIpc) is 3.18. The molecule has 1 unspecified atom stereocenters. The molecule has 38 heavy (non-hydrogen) atoms. The molecular weight excluding hydrogens is 528 g/mol. The summed E-state index contributed by atoms with van der Waals surface area (Å²) in [5.74, 6) is 0.635.